The molecular weight excluding hydrogens is 143 g/mol. The van der Waals surface area contributed by atoms with E-state index in [4.69, 9.17) is 23.2 Å². The minimum absolute atomic E-state index is 0.622. The molecule has 0 aromatic carbocycles. The lowest BCUT2D eigenvalue weighted by Crippen LogP contribution is -1.76. The van der Waals surface area contributed by atoms with Crippen LogP contribution in [0.2, 0.25) is 0 Å². The molecule has 0 atom stereocenters. The van der Waals surface area contributed by atoms with Crippen LogP contribution in [-0.2, 0) is 0 Å². The highest BCUT2D eigenvalue weighted by Gasteiger charge is 1.82. The first-order chi connectivity index (χ1) is 3.81. The smallest absolute Gasteiger partial charge is 0.0430 e. The summed E-state index contributed by atoms with van der Waals surface area (Å²) in [5.41, 5.74) is 1.20. The summed E-state index contributed by atoms with van der Waals surface area (Å²) in [5, 5.41) is 0. The standard InChI is InChI=1S/C6H10Cl2/c1-6(5-8)3-2-4-7/h3H,2,4-5H2,1H3/b6-3-. The minimum atomic E-state index is 0.622. The second-order valence-corrected chi connectivity index (χ2v) is 2.31. The summed E-state index contributed by atoms with van der Waals surface area (Å²) in [6.07, 6.45) is 2.99. The summed E-state index contributed by atoms with van der Waals surface area (Å²) in [6.45, 7) is 2.00. The highest BCUT2D eigenvalue weighted by atomic mass is 35.5. The van der Waals surface area contributed by atoms with Gasteiger partial charge in [-0.15, -0.1) is 23.2 Å². The first-order valence-electron chi connectivity index (χ1n) is 2.58. The Morgan fingerprint density at radius 2 is 2.12 bits per heavy atom. The normalized spacial score (nSPS) is 12.1. The summed E-state index contributed by atoms with van der Waals surface area (Å²) < 4.78 is 0. The van der Waals surface area contributed by atoms with Gasteiger partial charge >= 0.3 is 0 Å². The van der Waals surface area contributed by atoms with E-state index in [2.05, 4.69) is 6.08 Å². The van der Waals surface area contributed by atoms with Gasteiger partial charge in [0.1, 0.15) is 0 Å². The van der Waals surface area contributed by atoms with Crippen LogP contribution in [-0.4, -0.2) is 11.8 Å². The first kappa shape index (κ1) is 8.32. The van der Waals surface area contributed by atoms with Gasteiger partial charge in [0.15, 0.2) is 0 Å². The van der Waals surface area contributed by atoms with Crippen molar-refractivity contribution in [3.05, 3.63) is 11.6 Å². The molecule has 0 saturated carbocycles. The Morgan fingerprint density at radius 1 is 1.50 bits per heavy atom. The number of halogens is 2. The minimum Gasteiger partial charge on any atom is -0.126 e. The molecule has 0 heterocycles. The molecule has 0 radical (unpaired) electrons. The van der Waals surface area contributed by atoms with E-state index in [1.54, 1.807) is 0 Å². The third-order valence-corrected chi connectivity index (χ3v) is 1.45. The second-order valence-electron chi connectivity index (χ2n) is 1.66. The topological polar surface area (TPSA) is 0 Å². The molecule has 48 valence electrons. The van der Waals surface area contributed by atoms with Gasteiger partial charge in [0.05, 0.1) is 0 Å². The van der Waals surface area contributed by atoms with Crippen LogP contribution < -0.4 is 0 Å². The monoisotopic (exact) mass is 152 g/mol. The summed E-state index contributed by atoms with van der Waals surface area (Å²) >= 11 is 10.9. The third-order valence-electron chi connectivity index (χ3n) is 0.813. The third kappa shape index (κ3) is 4.48. The van der Waals surface area contributed by atoms with Gasteiger partial charge in [0.2, 0.25) is 0 Å². The Balaban J connectivity index is 3.26. The van der Waals surface area contributed by atoms with Crippen molar-refractivity contribution in [2.24, 2.45) is 0 Å². The Labute approximate surface area is 60.5 Å². The fraction of sp³-hybridized carbons (Fsp3) is 0.667. The van der Waals surface area contributed by atoms with Crippen molar-refractivity contribution in [3.63, 3.8) is 0 Å². The van der Waals surface area contributed by atoms with Gasteiger partial charge in [0, 0.05) is 11.8 Å². The summed E-state index contributed by atoms with van der Waals surface area (Å²) in [5.74, 6) is 1.31. The van der Waals surface area contributed by atoms with Crippen molar-refractivity contribution in [3.8, 4) is 0 Å². The highest BCUT2D eigenvalue weighted by Crippen LogP contribution is 1.97. The van der Waals surface area contributed by atoms with Crippen LogP contribution in [0.5, 0.6) is 0 Å². The molecule has 0 aliphatic rings. The molecule has 0 amide bonds. The molecule has 0 spiro atoms. The molecule has 0 N–H and O–H groups in total. The fourth-order valence-corrected chi connectivity index (χ4v) is 0.574. The number of rotatable bonds is 3. The number of alkyl halides is 2. The van der Waals surface area contributed by atoms with Crippen molar-refractivity contribution in [1.29, 1.82) is 0 Å². The van der Waals surface area contributed by atoms with E-state index in [1.165, 1.54) is 5.57 Å². The van der Waals surface area contributed by atoms with E-state index < -0.39 is 0 Å². The van der Waals surface area contributed by atoms with Gasteiger partial charge < -0.3 is 0 Å². The van der Waals surface area contributed by atoms with Crippen LogP contribution in [0.1, 0.15) is 13.3 Å². The van der Waals surface area contributed by atoms with Crippen LogP contribution in [0.25, 0.3) is 0 Å². The Morgan fingerprint density at radius 3 is 2.50 bits per heavy atom. The van der Waals surface area contributed by atoms with Crippen LogP contribution in [0.4, 0.5) is 0 Å². The van der Waals surface area contributed by atoms with Gasteiger partial charge in [-0.25, -0.2) is 0 Å². The lowest BCUT2D eigenvalue weighted by atomic mass is 10.3. The Hall–Kier alpha value is 0.320. The molecule has 0 unspecified atom stereocenters. The van der Waals surface area contributed by atoms with Gasteiger partial charge in [-0.3, -0.25) is 0 Å². The van der Waals surface area contributed by atoms with Crippen molar-refractivity contribution >= 4 is 23.2 Å². The maximum atomic E-state index is 5.48. The average Bonchev–Trinajstić information content (AvgIpc) is 1.83. The zero-order chi connectivity index (χ0) is 6.41. The average molecular weight is 153 g/mol. The molecule has 0 fully saturated rings. The van der Waals surface area contributed by atoms with Crippen molar-refractivity contribution in [2.45, 2.75) is 13.3 Å². The maximum Gasteiger partial charge on any atom is 0.0430 e. The molecule has 0 rings (SSSR count). The van der Waals surface area contributed by atoms with Gasteiger partial charge in [-0.05, 0) is 13.3 Å². The summed E-state index contributed by atoms with van der Waals surface area (Å²) in [7, 11) is 0. The Kier molecular flexibility index (Phi) is 5.67. The molecule has 0 aliphatic heterocycles. The van der Waals surface area contributed by atoms with Gasteiger partial charge in [0.25, 0.3) is 0 Å². The molecule has 0 saturated heterocycles. The number of hydrogen-bond acceptors (Lipinski definition) is 0. The van der Waals surface area contributed by atoms with Crippen LogP contribution in [0, 0.1) is 0 Å². The fourth-order valence-electron chi connectivity index (χ4n) is 0.356. The van der Waals surface area contributed by atoms with E-state index in [0.717, 1.165) is 6.42 Å². The largest absolute Gasteiger partial charge is 0.126 e. The van der Waals surface area contributed by atoms with Crippen molar-refractivity contribution in [1.82, 2.24) is 0 Å². The Bertz CT molecular complexity index is 76.6. The molecule has 2 heteroatoms. The predicted octanol–water partition coefficient (Wildman–Crippen LogP) is 2.80. The van der Waals surface area contributed by atoms with E-state index in [9.17, 15) is 0 Å². The van der Waals surface area contributed by atoms with Crippen LogP contribution >= 0.6 is 23.2 Å². The van der Waals surface area contributed by atoms with Crippen LogP contribution in [0.3, 0.4) is 0 Å². The molecule has 0 aromatic rings. The molecular formula is C6H10Cl2. The molecule has 0 aromatic heterocycles. The quantitative estimate of drug-likeness (QED) is 0.432. The molecule has 8 heavy (non-hydrogen) atoms. The zero-order valence-electron chi connectivity index (χ0n) is 4.95. The highest BCUT2D eigenvalue weighted by molar-refractivity contribution is 6.19. The lowest BCUT2D eigenvalue weighted by Gasteiger charge is -1.89. The predicted molar refractivity (Wildman–Crippen MR) is 39.8 cm³/mol. The second kappa shape index (κ2) is 5.46. The number of allylic oxidation sites excluding steroid dienone is 2. The van der Waals surface area contributed by atoms with Crippen LogP contribution in [0.15, 0.2) is 11.6 Å². The molecule has 0 nitrogen and oxygen atoms in total. The van der Waals surface area contributed by atoms with E-state index in [-0.39, 0.29) is 0 Å². The summed E-state index contributed by atoms with van der Waals surface area (Å²) in [4.78, 5) is 0. The maximum absolute atomic E-state index is 5.48. The van der Waals surface area contributed by atoms with Gasteiger partial charge in [-0.2, -0.15) is 0 Å². The SMILES string of the molecule is C/C(=C/CCCl)CCl. The van der Waals surface area contributed by atoms with E-state index >= 15 is 0 Å². The first-order valence-corrected chi connectivity index (χ1v) is 3.65. The van der Waals surface area contributed by atoms with Crippen molar-refractivity contribution in [2.75, 3.05) is 11.8 Å². The lowest BCUT2D eigenvalue weighted by molar-refractivity contribution is 1.19. The van der Waals surface area contributed by atoms with E-state index in [0.29, 0.717) is 11.8 Å². The van der Waals surface area contributed by atoms with Crippen molar-refractivity contribution < 1.29 is 0 Å². The summed E-state index contributed by atoms with van der Waals surface area (Å²) in [6, 6.07) is 0. The molecule has 0 aliphatic carbocycles. The van der Waals surface area contributed by atoms with Gasteiger partial charge in [-0.1, -0.05) is 11.6 Å². The van der Waals surface area contributed by atoms with E-state index in [1.807, 2.05) is 6.92 Å². The zero-order valence-corrected chi connectivity index (χ0v) is 6.47. The number of hydrogen-bond donors (Lipinski definition) is 0. The molecule has 0 bridgehead atoms.